The molecule has 1 aliphatic heterocycles. The van der Waals surface area contributed by atoms with Crippen molar-refractivity contribution in [2.24, 2.45) is 0 Å². The molecule has 124 valence electrons. The Kier molecular flexibility index (Phi) is 5.63. The van der Waals surface area contributed by atoms with Crippen LogP contribution in [0.15, 0.2) is 54.6 Å². The van der Waals surface area contributed by atoms with Crippen LogP contribution in [0.25, 0.3) is 0 Å². The molecule has 2 aromatic rings. The molecule has 24 heavy (non-hydrogen) atoms. The first kappa shape index (κ1) is 17.1. The normalized spacial score (nSPS) is 14.8. The highest BCUT2D eigenvalue weighted by Gasteiger charge is 2.39. The molecule has 0 spiro atoms. The molecule has 2 amide bonds. The van der Waals surface area contributed by atoms with Crippen molar-refractivity contribution < 1.29 is 14.3 Å². The van der Waals surface area contributed by atoms with E-state index >= 15 is 0 Å². The highest BCUT2D eigenvalue weighted by molar-refractivity contribution is 14.1. The predicted molar refractivity (Wildman–Crippen MR) is 100 cm³/mol. The second kappa shape index (κ2) is 7.90. The van der Waals surface area contributed by atoms with Gasteiger partial charge in [-0.3, -0.25) is 14.5 Å². The summed E-state index contributed by atoms with van der Waals surface area (Å²) in [6, 6.07) is 16.6. The Labute approximate surface area is 154 Å². The van der Waals surface area contributed by atoms with Crippen molar-refractivity contribution >= 4 is 34.4 Å². The topological polar surface area (TPSA) is 46.6 Å². The lowest BCUT2D eigenvalue weighted by atomic mass is 10.1. The molecule has 0 saturated carbocycles. The number of carbonyl (C=O) groups is 2. The molecule has 1 heterocycles. The number of carbonyl (C=O) groups excluding carboxylic acids is 2. The number of rotatable bonds is 7. The molecular formula is C19H18INO3. The van der Waals surface area contributed by atoms with Gasteiger partial charge in [0, 0.05) is 4.43 Å². The molecule has 1 aliphatic rings. The third kappa shape index (κ3) is 3.52. The summed E-state index contributed by atoms with van der Waals surface area (Å²) in [6.45, 7) is 0.825. The predicted octanol–water partition coefficient (Wildman–Crippen LogP) is 3.69. The van der Waals surface area contributed by atoms with Crippen LogP contribution in [-0.4, -0.2) is 33.8 Å². The first-order valence-electron chi connectivity index (χ1n) is 7.87. The summed E-state index contributed by atoms with van der Waals surface area (Å²) < 4.78 is 6.64. The van der Waals surface area contributed by atoms with Gasteiger partial charge < -0.3 is 4.74 Å². The minimum Gasteiger partial charge on any atom is -0.375 e. The zero-order chi connectivity index (χ0) is 16.9. The molecule has 3 rings (SSSR count). The van der Waals surface area contributed by atoms with E-state index in [9.17, 15) is 9.59 Å². The Hall–Kier alpha value is -1.73. The van der Waals surface area contributed by atoms with E-state index in [4.69, 9.17) is 4.74 Å². The number of alkyl halides is 1. The molecule has 0 unspecified atom stereocenters. The van der Waals surface area contributed by atoms with Crippen LogP contribution in [0, 0.1) is 0 Å². The molecule has 0 fully saturated rings. The summed E-state index contributed by atoms with van der Waals surface area (Å²) in [7, 11) is 0. The minimum absolute atomic E-state index is 0.214. The van der Waals surface area contributed by atoms with Gasteiger partial charge in [0.25, 0.3) is 11.8 Å². The summed E-state index contributed by atoms with van der Waals surface area (Å²) in [4.78, 5) is 26.6. The van der Waals surface area contributed by atoms with Gasteiger partial charge in [-0.15, -0.1) is 0 Å². The Morgan fingerprint density at radius 1 is 0.917 bits per heavy atom. The molecule has 0 aliphatic carbocycles. The fourth-order valence-corrected chi connectivity index (χ4v) is 3.56. The van der Waals surface area contributed by atoms with Gasteiger partial charge in [-0.1, -0.05) is 65.1 Å². The summed E-state index contributed by atoms with van der Waals surface area (Å²) in [6.07, 6.45) is 0.723. The van der Waals surface area contributed by atoms with Crippen molar-refractivity contribution in [2.75, 3.05) is 11.0 Å². The number of ether oxygens (including phenoxy) is 1. The van der Waals surface area contributed by atoms with Crippen LogP contribution in [0.5, 0.6) is 0 Å². The highest BCUT2D eigenvalue weighted by Crippen LogP contribution is 2.26. The zero-order valence-electron chi connectivity index (χ0n) is 13.2. The number of hydrogen-bond acceptors (Lipinski definition) is 3. The second-order valence-corrected chi connectivity index (χ2v) is 6.74. The molecule has 0 saturated heterocycles. The Morgan fingerprint density at radius 3 is 2.08 bits per heavy atom. The van der Waals surface area contributed by atoms with Crippen molar-refractivity contribution in [1.82, 2.24) is 4.90 Å². The summed E-state index contributed by atoms with van der Waals surface area (Å²) in [5.74, 6) is -0.428. The molecule has 0 radical (unpaired) electrons. The minimum atomic E-state index is -0.238. The highest BCUT2D eigenvalue weighted by atomic mass is 127. The first-order valence-corrected chi connectivity index (χ1v) is 9.39. The van der Waals surface area contributed by atoms with Crippen LogP contribution in [0.2, 0.25) is 0 Å². The van der Waals surface area contributed by atoms with Gasteiger partial charge in [0.15, 0.2) is 0 Å². The summed E-state index contributed by atoms with van der Waals surface area (Å²) in [5, 5.41) is 0. The lowest BCUT2D eigenvalue weighted by molar-refractivity contribution is 0.0360. The van der Waals surface area contributed by atoms with Gasteiger partial charge in [0.2, 0.25) is 0 Å². The van der Waals surface area contributed by atoms with E-state index in [1.807, 2.05) is 30.3 Å². The third-order valence-corrected chi connectivity index (χ3v) is 4.68. The van der Waals surface area contributed by atoms with Crippen LogP contribution < -0.4 is 0 Å². The number of halogens is 1. The zero-order valence-corrected chi connectivity index (χ0v) is 15.3. The molecule has 5 heteroatoms. The average molecular weight is 435 g/mol. The van der Waals surface area contributed by atoms with E-state index in [0.29, 0.717) is 24.3 Å². The van der Waals surface area contributed by atoms with Crippen molar-refractivity contribution in [3.63, 3.8) is 0 Å². The molecule has 0 bridgehead atoms. The van der Waals surface area contributed by atoms with E-state index < -0.39 is 0 Å². The molecular weight excluding hydrogens is 417 g/mol. The number of benzene rings is 2. The van der Waals surface area contributed by atoms with Crippen LogP contribution >= 0.6 is 22.6 Å². The summed E-state index contributed by atoms with van der Waals surface area (Å²) in [5.41, 5.74) is 2.06. The molecule has 4 nitrogen and oxygen atoms in total. The lowest BCUT2D eigenvalue weighted by Crippen LogP contribution is -2.43. The van der Waals surface area contributed by atoms with Crippen molar-refractivity contribution in [2.45, 2.75) is 19.1 Å². The third-order valence-electron chi connectivity index (χ3n) is 4.05. The van der Waals surface area contributed by atoms with Gasteiger partial charge in [-0.25, -0.2) is 0 Å². The Balaban J connectivity index is 1.70. The largest absolute Gasteiger partial charge is 0.375 e. The maximum Gasteiger partial charge on any atom is 0.261 e. The fourth-order valence-electron chi connectivity index (χ4n) is 2.84. The SMILES string of the molecule is O=C1c2ccccc2C(=O)N1[C@H](CCI)COCc1ccccc1. The lowest BCUT2D eigenvalue weighted by Gasteiger charge is -2.25. The molecule has 0 aromatic heterocycles. The van der Waals surface area contributed by atoms with Crippen molar-refractivity contribution in [3.8, 4) is 0 Å². The smallest absolute Gasteiger partial charge is 0.261 e. The molecule has 2 aromatic carbocycles. The van der Waals surface area contributed by atoms with Gasteiger partial charge in [-0.05, 0) is 24.1 Å². The summed E-state index contributed by atoms with van der Waals surface area (Å²) >= 11 is 2.26. The van der Waals surface area contributed by atoms with Crippen LogP contribution in [-0.2, 0) is 11.3 Å². The number of fused-ring (bicyclic) bond motifs is 1. The quantitative estimate of drug-likeness (QED) is 0.379. The van der Waals surface area contributed by atoms with Crippen LogP contribution in [0.3, 0.4) is 0 Å². The maximum atomic E-state index is 12.6. The van der Waals surface area contributed by atoms with E-state index in [1.54, 1.807) is 24.3 Å². The second-order valence-electron chi connectivity index (χ2n) is 5.66. The Bertz CT molecular complexity index is 697. The van der Waals surface area contributed by atoms with Crippen molar-refractivity contribution in [3.05, 3.63) is 71.3 Å². The van der Waals surface area contributed by atoms with Gasteiger partial charge in [-0.2, -0.15) is 0 Å². The van der Waals surface area contributed by atoms with Crippen LogP contribution in [0.1, 0.15) is 32.7 Å². The monoisotopic (exact) mass is 435 g/mol. The first-order chi connectivity index (χ1) is 11.7. The van der Waals surface area contributed by atoms with E-state index in [2.05, 4.69) is 22.6 Å². The van der Waals surface area contributed by atoms with E-state index in [-0.39, 0.29) is 17.9 Å². The van der Waals surface area contributed by atoms with Gasteiger partial charge in [0.05, 0.1) is 30.4 Å². The maximum absolute atomic E-state index is 12.6. The Morgan fingerprint density at radius 2 is 1.50 bits per heavy atom. The molecule has 0 N–H and O–H groups in total. The number of hydrogen-bond donors (Lipinski definition) is 0. The number of amides is 2. The van der Waals surface area contributed by atoms with E-state index in [0.717, 1.165) is 16.4 Å². The number of nitrogens with zero attached hydrogens (tertiary/aromatic N) is 1. The van der Waals surface area contributed by atoms with Crippen LogP contribution in [0.4, 0.5) is 0 Å². The van der Waals surface area contributed by atoms with Gasteiger partial charge >= 0.3 is 0 Å². The van der Waals surface area contributed by atoms with Gasteiger partial charge in [0.1, 0.15) is 0 Å². The van der Waals surface area contributed by atoms with Crippen molar-refractivity contribution in [1.29, 1.82) is 0 Å². The number of imide groups is 1. The fraction of sp³-hybridized carbons (Fsp3) is 0.263. The molecule has 1 atom stereocenters. The standard InChI is InChI=1S/C19H18INO3/c20-11-10-15(13-24-12-14-6-2-1-3-7-14)21-18(22)16-8-4-5-9-17(16)19(21)23/h1-9,15H,10-13H2/t15-/m1/s1. The average Bonchev–Trinajstić information content (AvgIpc) is 2.87. The van der Waals surface area contributed by atoms with E-state index in [1.165, 1.54) is 4.90 Å².